The number of nitrogens with zero attached hydrogens (tertiary/aromatic N) is 1. The largest absolute Gasteiger partial charge is 1.00 e. The molecule has 27 heteroatoms. The first-order chi connectivity index (χ1) is 18.3. The Balaban J connectivity index is -0.00000200. The molecule has 0 aromatic heterocycles. The molecule has 1 fully saturated rings. The van der Waals surface area contributed by atoms with E-state index in [1.165, 1.54) is 6.92 Å². The van der Waals surface area contributed by atoms with Gasteiger partial charge in [-0.2, -0.15) is 0 Å². The summed E-state index contributed by atoms with van der Waals surface area (Å²) in [6.07, 6.45) is -11.6. The quantitative estimate of drug-likeness (QED) is 0.0627. The number of nitrogens with one attached hydrogen (secondary N) is 1. The van der Waals surface area contributed by atoms with Crippen molar-refractivity contribution in [3.63, 3.8) is 0 Å². The van der Waals surface area contributed by atoms with Gasteiger partial charge in [0, 0.05) is 32.6 Å². The summed E-state index contributed by atoms with van der Waals surface area (Å²) in [5.74, 6) is -2.71. The predicted octanol–water partition coefficient (Wildman–Crippen LogP) is -16.8. The second-order valence-electron chi connectivity index (χ2n) is 7.98. The number of carboxylic acids is 1. The third kappa shape index (κ3) is 21.8. The molecule has 1 aliphatic rings. The molecule has 0 bridgehead atoms. The molecule has 1 heterocycles. The molecule has 0 aromatic carbocycles. The minimum Gasteiger partial charge on any atom is -0.726 e. The van der Waals surface area contributed by atoms with Crippen molar-refractivity contribution in [3.05, 3.63) is 0 Å². The number of carbonyl (C=O) groups excluding carboxylic acids is 3. The van der Waals surface area contributed by atoms with Gasteiger partial charge in [0.25, 0.3) is 0 Å². The summed E-state index contributed by atoms with van der Waals surface area (Å²) in [6.45, 7) is 0.166. The Labute approximate surface area is 343 Å². The minimum atomic E-state index is -5.81. The number of ether oxygens (including phenoxy) is 2. The van der Waals surface area contributed by atoms with Gasteiger partial charge >= 0.3 is 118 Å². The van der Waals surface area contributed by atoms with Gasteiger partial charge in [-0.1, -0.05) is 0 Å². The van der Waals surface area contributed by atoms with E-state index in [1.54, 1.807) is 0 Å². The maximum atomic E-state index is 12.5. The van der Waals surface area contributed by atoms with Crippen LogP contribution in [-0.4, -0.2) is 119 Å². The third-order valence-corrected chi connectivity index (χ3v) is 6.48. The van der Waals surface area contributed by atoms with Crippen molar-refractivity contribution in [2.45, 2.75) is 63.3 Å². The van der Waals surface area contributed by atoms with Crippen LogP contribution in [0.4, 0.5) is 0 Å². The Morgan fingerprint density at radius 3 is 1.68 bits per heavy atom. The maximum Gasteiger partial charge on any atom is 1.00 e. The van der Waals surface area contributed by atoms with E-state index in [4.69, 9.17) is 9.47 Å². The predicted molar refractivity (Wildman–Crippen MR) is 118 cm³/mol. The Hall–Kier alpha value is 1.94. The van der Waals surface area contributed by atoms with E-state index in [2.05, 4.69) is 17.9 Å². The zero-order valence-electron chi connectivity index (χ0n) is 24.9. The monoisotopic (exact) mass is 734 g/mol. The molecule has 0 radical (unpaired) electrons. The Morgan fingerprint density at radius 2 is 1.25 bits per heavy atom. The number of aliphatic carboxylic acids is 1. The van der Waals surface area contributed by atoms with E-state index in [1.807, 2.05) is 0 Å². The molecule has 0 saturated carbocycles. The van der Waals surface area contributed by atoms with Gasteiger partial charge < -0.3 is 43.2 Å². The number of likely N-dealkylation sites (N-methyl/N-ethyl adjacent to an activating group) is 1. The molecule has 0 unspecified atom stereocenters. The second-order valence-corrected chi connectivity index (χ2v) is 11.0. The van der Waals surface area contributed by atoms with Crippen molar-refractivity contribution in [2.75, 3.05) is 26.7 Å². The summed E-state index contributed by atoms with van der Waals surface area (Å²) in [4.78, 5) is 36.3. The van der Waals surface area contributed by atoms with Gasteiger partial charge in [-0.15, -0.1) is 0 Å². The first-order valence-corrected chi connectivity index (χ1v) is 15.1. The van der Waals surface area contributed by atoms with E-state index in [0.717, 1.165) is 12.0 Å². The van der Waals surface area contributed by atoms with Gasteiger partial charge in [0.2, 0.25) is 43.0 Å². The topological polar surface area (TPSA) is 307 Å². The fraction of sp³-hybridized carbons (Fsp3) is 0.824. The minimum absolute atomic E-state index is 0. The molecule has 1 aliphatic heterocycles. The smallest absolute Gasteiger partial charge is 0.726 e. The van der Waals surface area contributed by atoms with Gasteiger partial charge in [0.15, 0.2) is 12.4 Å². The van der Waals surface area contributed by atoms with Crippen LogP contribution in [0.2, 0.25) is 0 Å². The van der Waals surface area contributed by atoms with E-state index < -0.39 is 92.8 Å². The molecular formula is C17H26N2Na4O18S3. The summed E-state index contributed by atoms with van der Waals surface area (Å²) in [5, 5.41) is 12.6. The number of rotatable bonds is 17. The Bertz CT molecular complexity index is 1220. The summed E-state index contributed by atoms with van der Waals surface area (Å²) in [7, 11) is -16.5. The zero-order chi connectivity index (χ0) is 30.9. The summed E-state index contributed by atoms with van der Waals surface area (Å²) >= 11 is 0. The molecule has 0 spiro atoms. The number of unbranched alkanes of at least 4 members (excludes halogenated alkanes) is 1. The van der Waals surface area contributed by atoms with E-state index >= 15 is 0 Å². The fourth-order valence-electron chi connectivity index (χ4n) is 3.49. The van der Waals surface area contributed by atoms with Gasteiger partial charge in [0.1, 0.15) is 18.3 Å². The molecular weight excluding hydrogens is 708 g/mol. The van der Waals surface area contributed by atoms with Gasteiger partial charge in [-0.3, -0.25) is 22.1 Å². The Kier molecular flexibility index (Phi) is 29.0. The number of carbonyl (C=O) groups is 3. The van der Waals surface area contributed by atoms with Gasteiger partial charge in [-0.05, 0) is 26.2 Å². The molecule has 1 saturated heterocycles. The van der Waals surface area contributed by atoms with E-state index in [-0.39, 0.29) is 150 Å². The van der Waals surface area contributed by atoms with Crippen molar-refractivity contribution in [2.24, 2.45) is 0 Å². The second kappa shape index (κ2) is 24.2. The SMILES string of the molecule is CCN(CC(=O)NC[C@H]1O[C@H](OC)[C@@H](OS(=O)(=O)[O-])[C@@H](OS(=O)(=O)[O-])[C@@H]1OS(=O)(=O)[O-])C(=O)CCCCC(=O)[O-].[Na+].[Na+].[Na+].[Na+]. The van der Waals surface area contributed by atoms with Crippen molar-refractivity contribution in [1.29, 1.82) is 0 Å². The number of hydrogen-bond donors (Lipinski definition) is 1. The summed E-state index contributed by atoms with van der Waals surface area (Å²) < 4.78 is 124. The molecule has 0 aromatic rings. The van der Waals surface area contributed by atoms with Crippen LogP contribution < -0.4 is 129 Å². The molecule has 2 amide bonds. The van der Waals surface area contributed by atoms with Crippen molar-refractivity contribution >= 4 is 49.0 Å². The van der Waals surface area contributed by atoms with Gasteiger partial charge in [0.05, 0.1) is 6.54 Å². The van der Waals surface area contributed by atoms with Crippen molar-refractivity contribution < 1.29 is 199 Å². The van der Waals surface area contributed by atoms with Crippen LogP contribution in [0.5, 0.6) is 0 Å². The van der Waals surface area contributed by atoms with Crippen LogP contribution in [-0.2, 0) is 67.6 Å². The first-order valence-electron chi connectivity index (χ1n) is 11.1. The number of carboxylic acid groups (broad SMARTS) is 1. The molecule has 5 atom stereocenters. The number of hydrogen-bond acceptors (Lipinski definition) is 18. The molecule has 20 nitrogen and oxygen atoms in total. The van der Waals surface area contributed by atoms with Crippen LogP contribution in [0.3, 0.4) is 0 Å². The van der Waals surface area contributed by atoms with E-state index in [0.29, 0.717) is 0 Å². The summed E-state index contributed by atoms with van der Waals surface area (Å²) in [5.41, 5.74) is 0. The van der Waals surface area contributed by atoms with Crippen LogP contribution in [0.1, 0.15) is 32.6 Å². The molecule has 0 aliphatic carbocycles. The summed E-state index contributed by atoms with van der Waals surface area (Å²) in [6, 6.07) is 0. The van der Waals surface area contributed by atoms with Gasteiger partial charge in [-0.25, -0.2) is 25.3 Å². The van der Waals surface area contributed by atoms with Crippen LogP contribution in [0.25, 0.3) is 0 Å². The molecule has 1 rings (SSSR count). The number of methoxy groups -OCH3 is 1. The standard InChI is InChI=1S/C17H30N2O18S3.4Na/c1-3-19(12(21)6-4-5-7-13(22)23)9-11(20)18-8-10-14(35-38(24,25)26)15(36-39(27,28)29)16(17(33-2)34-10)37-40(30,31)32;;;;/h10,14-17H,3-9H2,1-2H3,(H,18,20)(H,22,23)(H,24,25,26)(H,27,28,29)(H,30,31,32);;;;/q;4*+1/p-4/t10-,14-,15+,16+,17+;;;;/m1..../s1. The zero-order valence-corrected chi connectivity index (χ0v) is 35.3. The maximum absolute atomic E-state index is 12.5. The van der Waals surface area contributed by atoms with Crippen molar-refractivity contribution in [1.82, 2.24) is 10.2 Å². The van der Waals surface area contributed by atoms with Crippen LogP contribution >= 0.6 is 0 Å². The third-order valence-electron chi connectivity index (χ3n) is 5.10. The number of amides is 2. The fourth-order valence-corrected chi connectivity index (χ4v) is 4.96. The molecule has 1 N–H and O–H groups in total. The van der Waals surface area contributed by atoms with Crippen LogP contribution in [0, 0.1) is 0 Å². The van der Waals surface area contributed by atoms with Crippen molar-refractivity contribution in [3.8, 4) is 0 Å². The molecule has 234 valence electrons. The normalized spacial score (nSPS) is 21.7. The Morgan fingerprint density at radius 1 is 0.795 bits per heavy atom. The first kappa shape index (κ1) is 52.7. The average Bonchev–Trinajstić information content (AvgIpc) is 2.79. The molecule has 44 heavy (non-hydrogen) atoms. The van der Waals surface area contributed by atoms with Crippen LogP contribution in [0.15, 0.2) is 0 Å². The van der Waals surface area contributed by atoms with E-state index in [9.17, 15) is 58.4 Å². The average molecular weight is 735 g/mol.